The first-order chi connectivity index (χ1) is 12.4. The smallest absolute Gasteiger partial charge is 0.269 e. The number of nitriles is 1. The summed E-state index contributed by atoms with van der Waals surface area (Å²) in [6.07, 6.45) is 3.52. The van der Waals surface area contributed by atoms with Crippen LogP contribution in [0.3, 0.4) is 0 Å². The van der Waals surface area contributed by atoms with Crippen molar-refractivity contribution in [2.24, 2.45) is 18.4 Å². The molecular formula is C18H25N5O3. The molecule has 1 unspecified atom stereocenters. The average molecular weight is 359 g/mol. The lowest BCUT2D eigenvalue weighted by molar-refractivity contribution is -0.132. The van der Waals surface area contributed by atoms with Gasteiger partial charge in [0, 0.05) is 39.0 Å². The van der Waals surface area contributed by atoms with Crippen LogP contribution in [0.25, 0.3) is 0 Å². The van der Waals surface area contributed by atoms with Crippen LogP contribution in [0.5, 0.6) is 0 Å². The molecule has 8 heteroatoms. The van der Waals surface area contributed by atoms with E-state index in [1.807, 2.05) is 0 Å². The van der Waals surface area contributed by atoms with Gasteiger partial charge in [0.05, 0.1) is 36.7 Å². The molecule has 2 aliphatic rings. The molecule has 2 amide bonds. The van der Waals surface area contributed by atoms with Gasteiger partial charge in [0.15, 0.2) is 0 Å². The van der Waals surface area contributed by atoms with E-state index in [1.54, 1.807) is 29.8 Å². The molecule has 1 saturated heterocycles. The number of aromatic nitrogens is 2. The summed E-state index contributed by atoms with van der Waals surface area (Å²) in [5.41, 5.74) is 0.785. The maximum atomic E-state index is 12.5. The third-order valence-electron chi connectivity index (χ3n) is 5.16. The minimum absolute atomic E-state index is 0.00774. The summed E-state index contributed by atoms with van der Waals surface area (Å²) >= 11 is 0. The number of imidazole rings is 1. The Morgan fingerprint density at radius 2 is 2.27 bits per heavy atom. The molecule has 2 fully saturated rings. The molecule has 8 nitrogen and oxygen atoms in total. The molecule has 1 aromatic heterocycles. The zero-order valence-electron chi connectivity index (χ0n) is 15.3. The molecule has 1 aliphatic carbocycles. The van der Waals surface area contributed by atoms with Crippen molar-refractivity contribution in [2.45, 2.75) is 26.2 Å². The maximum absolute atomic E-state index is 12.5. The highest BCUT2D eigenvalue weighted by atomic mass is 16.5. The molecule has 0 aromatic carbocycles. The largest absolute Gasteiger partial charge is 0.379 e. The molecule has 1 atom stereocenters. The van der Waals surface area contributed by atoms with E-state index in [1.165, 1.54) is 0 Å². The Morgan fingerprint density at radius 3 is 2.88 bits per heavy atom. The zero-order valence-corrected chi connectivity index (χ0v) is 15.3. The number of aryl methyl sites for hydroxylation is 2. The van der Waals surface area contributed by atoms with Crippen LogP contribution in [0, 0.1) is 29.6 Å². The Morgan fingerprint density at radius 1 is 1.50 bits per heavy atom. The summed E-state index contributed by atoms with van der Waals surface area (Å²) < 4.78 is 7.30. The van der Waals surface area contributed by atoms with Crippen LogP contribution in [0.2, 0.25) is 0 Å². The molecule has 1 aliphatic heterocycles. The minimum Gasteiger partial charge on any atom is -0.379 e. The summed E-state index contributed by atoms with van der Waals surface area (Å²) in [5, 5.41) is 12.1. The normalized spacial score (nSPS) is 21.6. The van der Waals surface area contributed by atoms with Gasteiger partial charge in [-0.05, 0) is 19.8 Å². The number of amides is 2. The predicted octanol–water partition coefficient (Wildman–Crippen LogP) is 0.627. The lowest BCUT2D eigenvalue weighted by Gasteiger charge is -2.24. The Bertz CT molecular complexity index is 712. The quantitative estimate of drug-likeness (QED) is 0.831. The minimum atomic E-state index is -0.439. The van der Waals surface area contributed by atoms with Gasteiger partial charge in [-0.1, -0.05) is 0 Å². The van der Waals surface area contributed by atoms with E-state index in [0.29, 0.717) is 44.2 Å². The number of nitrogens with one attached hydrogen (secondary N) is 1. The fraction of sp³-hybridized carbons (Fsp3) is 0.667. The number of nitrogens with zero attached hydrogens (tertiary/aromatic N) is 4. The fourth-order valence-corrected chi connectivity index (χ4v) is 3.30. The number of ether oxygens (including phenoxy) is 1. The molecule has 0 spiro atoms. The van der Waals surface area contributed by atoms with Gasteiger partial charge in [0.1, 0.15) is 5.69 Å². The average Bonchev–Trinajstić information content (AvgIpc) is 3.36. The first kappa shape index (κ1) is 18.4. The fourth-order valence-electron chi connectivity index (χ4n) is 3.30. The number of rotatable bonds is 5. The van der Waals surface area contributed by atoms with E-state index >= 15 is 0 Å². The molecule has 26 heavy (non-hydrogen) atoms. The van der Waals surface area contributed by atoms with Crippen LogP contribution in [0.1, 0.15) is 35.4 Å². The van der Waals surface area contributed by atoms with Gasteiger partial charge >= 0.3 is 0 Å². The first-order valence-corrected chi connectivity index (χ1v) is 8.97. The Labute approximate surface area is 153 Å². The van der Waals surface area contributed by atoms with Crippen molar-refractivity contribution in [1.82, 2.24) is 19.8 Å². The lowest BCUT2D eigenvalue weighted by atomic mass is 10.0. The van der Waals surface area contributed by atoms with Crippen LogP contribution in [-0.2, 0) is 16.6 Å². The molecule has 0 radical (unpaired) electrons. The van der Waals surface area contributed by atoms with E-state index < -0.39 is 5.41 Å². The number of carbonyl (C=O) groups excluding carboxylic acids is 2. The van der Waals surface area contributed by atoms with Crippen molar-refractivity contribution in [1.29, 1.82) is 5.26 Å². The summed E-state index contributed by atoms with van der Waals surface area (Å²) in [7, 11) is 1.78. The second kappa shape index (κ2) is 7.46. The second-order valence-electron chi connectivity index (χ2n) is 7.35. The van der Waals surface area contributed by atoms with Crippen LogP contribution >= 0.6 is 0 Å². The van der Waals surface area contributed by atoms with Gasteiger partial charge in [0.2, 0.25) is 5.91 Å². The first-order valence-electron chi connectivity index (χ1n) is 8.97. The summed E-state index contributed by atoms with van der Waals surface area (Å²) in [6.45, 7) is 4.27. The van der Waals surface area contributed by atoms with Gasteiger partial charge in [0.25, 0.3) is 5.91 Å². The van der Waals surface area contributed by atoms with Gasteiger partial charge in [-0.15, -0.1) is 0 Å². The number of hydrogen-bond donors (Lipinski definition) is 1. The number of hydrogen-bond acceptors (Lipinski definition) is 5. The standard InChI is InChI=1S/C18H25N5O3/c1-13-16(22(2)12-21-13)17(25)20-8-14-9-23(5-6-26-10-14)15(24)7-18(11-19)3-4-18/h12,14H,3-10H2,1-2H3,(H,20,25). The summed E-state index contributed by atoms with van der Waals surface area (Å²) in [4.78, 5) is 30.8. The third kappa shape index (κ3) is 4.05. The highest BCUT2D eigenvalue weighted by molar-refractivity contribution is 5.93. The van der Waals surface area contributed by atoms with E-state index in [9.17, 15) is 14.9 Å². The molecule has 1 N–H and O–H groups in total. The Kier molecular flexibility index (Phi) is 5.28. The third-order valence-corrected chi connectivity index (χ3v) is 5.16. The van der Waals surface area contributed by atoms with E-state index in [-0.39, 0.29) is 24.2 Å². The van der Waals surface area contributed by atoms with E-state index in [4.69, 9.17) is 4.74 Å². The van der Waals surface area contributed by atoms with Crippen molar-refractivity contribution in [2.75, 3.05) is 32.8 Å². The lowest BCUT2D eigenvalue weighted by Crippen LogP contribution is -2.41. The van der Waals surface area contributed by atoms with Crippen LogP contribution in [0.15, 0.2) is 6.33 Å². The topological polar surface area (TPSA) is 100 Å². The molecular weight excluding hydrogens is 334 g/mol. The van der Waals surface area contributed by atoms with Gasteiger partial charge < -0.3 is 19.5 Å². The van der Waals surface area contributed by atoms with Crippen LogP contribution < -0.4 is 5.32 Å². The molecule has 3 rings (SSSR count). The molecule has 1 aromatic rings. The summed E-state index contributed by atoms with van der Waals surface area (Å²) in [6, 6.07) is 2.27. The number of carbonyl (C=O) groups is 2. The van der Waals surface area contributed by atoms with E-state index in [0.717, 1.165) is 12.8 Å². The monoisotopic (exact) mass is 359 g/mol. The van der Waals surface area contributed by atoms with Crippen molar-refractivity contribution in [3.63, 3.8) is 0 Å². The van der Waals surface area contributed by atoms with Crippen molar-refractivity contribution in [3.8, 4) is 6.07 Å². The molecule has 140 valence electrons. The maximum Gasteiger partial charge on any atom is 0.269 e. The van der Waals surface area contributed by atoms with Crippen LogP contribution in [0.4, 0.5) is 0 Å². The van der Waals surface area contributed by atoms with Crippen molar-refractivity contribution < 1.29 is 14.3 Å². The highest BCUT2D eigenvalue weighted by Crippen LogP contribution is 2.48. The van der Waals surface area contributed by atoms with E-state index in [2.05, 4.69) is 16.4 Å². The SMILES string of the molecule is Cc1ncn(C)c1C(=O)NCC1COCCN(C(=O)CC2(C#N)CC2)C1. The van der Waals surface area contributed by atoms with Gasteiger partial charge in [-0.25, -0.2) is 4.98 Å². The zero-order chi connectivity index (χ0) is 18.7. The second-order valence-corrected chi connectivity index (χ2v) is 7.35. The van der Waals surface area contributed by atoms with Crippen molar-refractivity contribution >= 4 is 11.8 Å². The molecule has 0 bridgehead atoms. The Balaban J connectivity index is 1.55. The predicted molar refractivity (Wildman–Crippen MR) is 93.1 cm³/mol. The molecule has 1 saturated carbocycles. The van der Waals surface area contributed by atoms with Crippen LogP contribution in [-0.4, -0.2) is 59.1 Å². The van der Waals surface area contributed by atoms with Gasteiger partial charge in [-0.2, -0.15) is 5.26 Å². The Hall–Kier alpha value is -2.40. The highest BCUT2D eigenvalue weighted by Gasteiger charge is 2.45. The van der Waals surface area contributed by atoms with Gasteiger partial charge in [-0.3, -0.25) is 9.59 Å². The summed E-state index contributed by atoms with van der Waals surface area (Å²) in [5.74, 6) is -0.143. The molecule has 2 heterocycles. The van der Waals surface area contributed by atoms with Crippen molar-refractivity contribution in [3.05, 3.63) is 17.7 Å².